The Kier molecular flexibility index (Phi) is 3.48. The van der Waals surface area contributed by atoms with Crippen LogP contribution < -0.4 is 0 Å². The van der Waals surface area contributed by atoms with Gasteiger partial charge in [-0.3, -0.25) is 0 Å². The van der Waals surface area contributed by atoms with Gasteiger partial charge < -0.3 is 9.52 Å². The molecule has 1 atom stereocenters. The monoisotopic (exact) mass is 236 g/mol. The maximum Gasteiger partial charge on any atom is 0.170 e. The van der Waals surface area contributed by atoms with Crippen LogP contribution in [0, 0.1) is 11.7 Å². The first kappa shape index (κ1) is 12.1. The third-order valence-electron chi connectivity index (χ3n) is 3.30. The molecular formula is C14H17FO2. The number of aliphatic hydroxyl groups is 1. The molecule has 0 fully saturated rings. The fraction of sp³-hybridized carbons (Fsp3) is 0.429. The van der Waals surface area contributed by atoms with Crippen molar-refractivity contribution in [1.82, 2.24) is 0 Å². The molecule has 0 saturated carbocycles. The number of rotatable bonds is 4. The Labute approximate surface area is 100 Å². The van der Waals surface area contributed by atoms with E-state index in [4.69, 9.17) is 4.42 Å². The van der Waals surface area contributed by atoms with Gasteiger partial charge in [0.1, 0.15) is 11.9 Å². The molecule has 0 spiro atoms. The Morgan fingerprint density at radius 3 is 2.59 bits per heavy atom. The van der Waals surface area contributed by atoms with Crippen molar-refractivity contribution in [3.63, 3.8) is 0 Å². The number of hydrogen-bond acceptors (Lipinski definition) is 2. The number of halogens is 1. The minimum absolute atomic E-state index is 0.152. The first-order chi connectivity index (χ1) is 8.17. The van der Waals surface area contributed by atoms with Crippen LogP contribution in [0.3, 0.4) is 0 Å². The molecule has 0 aliphatic heterocycles. The minimum atomic E-state index is -0.656. The maximum absolute atomic E-state index is 13.5. The van der Waals surface area contributed by atoms with Crippen LogP contribution in [0.25, 0.3) is 11.0 Å². The maximum atomic E-state index is 13.5. The second-order valence-electron chi connectivity index (χ2n) is 4.33. The molecule has 2 rings (SSSR count). The Bertz CT molecular complexity index is 500. The van der Waals surface area contributed by atoms with Gasteiger partial charge in [-0.1, -0.05) is 38.8 Å². The molecule has 0 bridgehead atoms. The summed E-state index contributed by atoms with van der Waals surface area (Å²) in [6, 6.07) is 6.51. The Hall–Kier alpha value is -1.35. The Morgan fingerprint density at radius 2 is 2.00 bits per heavy atom. The third kappa shape index (κ3) is 2.20. The van der Waals surface area contributed by atoms with Crippen LogP contribution >= 0.6 is 0 Å². The van der Waals surface area contributed by atoms with E-state index in [1.54, 1.807) is 18.2 Å². The molecule has 1 N–H and O–H groups in total. The van der Waals surface area contributed by atoms with Crippen molar-refractivity contribution >= 4 is 11.0 Å². The summed E-state index contributed by atoms with van der Waals surface area (Å²) < 4.78 is 18.9. The van der Waals surface area contributed by atoms with Crippen molar-refractivity contribution in [3.8, 4) is 0 Å². The molecule has 2 nitrogen and oxygen atoms in total. The second kappa shape index (κ2) is 4.88. The standard InChI is InChI=1S/C14H17FO2/c1-3-9(4-2)13(16)12-8-10-6-5-7-11(15)14(10)17-12/h5-9,13,16H,3-4H2,1-2H3. The van der Waals surface area contributed by atoms with Crippen molar-refractivity contribution < 1.29 is 13.9 Å². The topological polar surface area (TPSA) is 33.4 Å². The van der Waals surface area contributed by atoms with E-state index in [0.29, 0.717) is 11.1 Å². The van der Waals surface area contributed by atoms with Gasteiger partial charge in [0.05, 0.1) is 0 Å². The van der Waals surface area contributed by atoms with Crippen LogP contribution in [0.4, 0.5) is 4.39 Å². The Balaban J connectivity index is 2.39. The quantitative estimate of drug-likeness (QED) is 0.869. The first-order valence-corrected chi connectivity index (χ1v) is 6.03. The zero-order chi connectivity index (χ0) is 12.4. The lowest BCUT2D eigenvalue weighted by molar-refractivity contribution is 0.0829. The zero-order valence-corrected chi connectivity index (χ0v) is 10.1. The highest BCUT2D eigenvalue weighted by atomic mass is 19.1. The van der Waals surface area contributed by atoms with E-state index in [1.165, 1.54) is 6.07 Å². The Morgan fingerprint density at radius 1 is 1.29 bits per heavy atom. The number of aliphatic hydroxyl groups excluding tert-OH is 1. The normalized spacial score (nSPS) is 13.5. The molecule has 1 heterocycles. The van der Waals surface area contributed by atoms with E-state index in [9.17, 15) is 9.50 Å². The summed E-state index contributed by atoms with van der Waals surface area (Å²) in [5.41, 5.74) is 0.229. The highest BCUT2D eigenvalue weighted by molar-refractivity contribution is 5.78. The third-order valence-corrected chi connectivity index (χ3v) is 3.30. The van der Waals surface area contributed by atoms with Gasteiger partial charge in [0.2, 0.25) is 0 Å². The average Bonchev–Trinajstić information content (AvgIpc) is 2.76. The number of para-hydroxylation sites is 1. The van der Waals surface area contributed by atoms with Gasteiger partial charge in [0.15, 0.2) is 11.4 Å². The smallest absolute Gasteiger partial charge is 0.170 e. The summed E-state index contributed by atoms with van der Waals surface area (Å²) in [6.07, 6.45) is 1.09. The first-order valence-electron chi connectivity index (χ1n) is 6.03. The van der Waals surface area contributed by atoms with Crippen LogP contribution in [-0.4, -0.2) is 5.11 Å². The van der Waals surface area contributed by atoms with E-state index in [1.807, 2.05) is 13.8 Å². The van der Waals surface area contributed by atoms with Gasteiger partial charge in [-0.25, -0.2) is 4.39 Å². The van der Waals surface area contributed by atoms with Crippen LogP contribution in [0.15, 0.2) is 28.7 Å². The lowest BCUT2D eigenvalue weighted by atomic mass is 9.95. The van der Waals surface area contributed by atoms with E-state index < -0.39 is 6.10 Å². The van der Waals surface area contributed by atoms with Crippen molar-refractivity contribution in [2.75, 3.05) is 0 Å². The summed E-state index contributed by atoms with van der Waals surface area (Å²) in [5.74, 6) is 0.225. The number of benzene rings is 1. The molecule has 2 aromatic rings. The minimum Gasteiger partial charge on any atom is -0.455 e. The van der Waals surface area contributed by atoms with E-state index >= 15 is 0 Å². The van der Waals surface area contributed by atoms with Crippen molar-refractivity contribution in [2.45, 2.75) is 32.8 Å². The summed E-state index contributed by atoms with van der Waals surface area (Å²) in [5, 5.41) is 10.9. The predicted molar refractivity (Wildman–Crippen MR) is 65.2 cm³/mol. The fourth-order valence-corrected chi connectivity index (χ4v) is 2.16. The molecule has 17 heavy (non-hydrogen) atoms. The van der Waals surface area contributed by atoms with Gasteiger partial charge in [-0.15, -0.1) is 0 Å². The molecule has 0 saturated heterocycles. The van der Waals surface area contributed by atoms with Crippen molar-refractivity contribution in [3.05, 3.63) is 35.8 Å². The lowest BCUT2D eigenvalue weighted by Gasteiger charge is -2.17. The molecule has 0 amide bonds. The molecular weight excluding hydrogens is 219 g/mol. The van der Waals surface area contributed by atoms with Crippen LogP contribution in [-0.2, 0) is 0 Å². The largest absolute Gasteiger partial charge is 0.455 e. The van der Waals surface area contributed by atoms with Gasteiger partial charge in [-0.05, 0) is 18.1 Å². The SMILES string of the molecule is CCC(CC)C(O)c1cc2cccc(F)c2o1. The van der Waals surface area contributed by atoms with Gasteiger partial charge in [-0.2, -0.15) is 0 Å². The van der Waals surface area contributed by atoms with E-state index in [-0.39, 0.29) is 17.3 Å². The van der Waals surface area contributed by atoms with Gasteiger partial charge >= 0.3 is 0 Å². The molecule has 92 valence electrons. The fourth-order valence-electron chi connectivity index (χ4n) is 2.16. The number of hydrogen-bond donors (Lipinski definition) is 1. The van der Waals surface area contributed by atoms with Crippen molar-refractivity contribution in [2.24, 2.45) is 5.92 Å². The zero-order valence-electron chi connectivity index (χ0n) is 10.1. The second-order valence-corrected chi connectivity index (χ2v) is 4.33. The molecule has 0 aliphatic carbocycles. The summed E-state index contributed by atoms with van der Waals surface area (Å²) in [6.45, 7) is 4.06. The molecule has 1 aromatic heterocycles. The van der Waals surface area contributed by atoms with Crippen LogP contribution in [0.5, 0.6) is 0 Å². The molecule has 0 radical (unpaired) electrons. The summed E-state index contributed by atoms with van der Waals surface area (Å²) >= 11 is 0. The molecule has 0 aliphatic rings. The van der Waals surface area contributed by atoms with E-state index in [2.05, 4.69) is 0 Å². The van der Waals surface area contributed by atoms with Gasteiger partial charge in [0, 0.05) is 5.39 Å². The highest BCUT2D eigenvalue weighted by Crippen LogP contribution is 2.32. The van der Waals surface area contributed by atoms with Crippen molar-refractivity contribution in [1.29, 1.82) is 0 Å². The highest BCUT2D eigenvalue weighted by Gasteiger charge is 2.21. The number of furan rings is 1. The van der Waals surface area contributed by atoms with Crippen LogP contribution in [0.1, 0.15) is 38.6 Å². The number of fused-ring (bicyclic) bond motifs is 1. The summed E-state index contributed by atoms with van der Waals surface area (Å²) in [7, 11) is 0. The molecule has 1 unspecified atom stereocenters. The van der Waals surface area contributed by atoms with E-state index in [0.717, 1.165) is 12.8 Å². The average molecular weight is 236 g/mol. The van der Waals surface area contributed by atoms with Crippen LogP contribution in [0.2, 0.25) is 0 Å². The lowest BCUT2D eigenvalue weighted by Crippen LogP contribution is -2.09. The van der Waals surface area contributed by atoms with Gasteiger partial charge in [0.25, 0.3) is 0 Å². The summed E-state index contributed by atoms with van der Waals surface area (Å²) in [4.78, 5) is 0. The predicted octanol–water partition coefficient (Wildman–Crippen LogP) is 4.04. The molecule has 1 aromatic carbocycles. The molecule has 3 heteroatoms.